The largest absolute Gasteiger partial charge is 0.493 e. The fourth-order valence-electron chi connectivity index (χ4n) is 3.26. The Morgan fingerprint density at radius 1 is 1.14 bits per heavy atom. The molecule has 22 heavy (non-hydrogen) atoms. The molecule has 1 heterocycles. The molecule has 1 saturated heterocycles. The number of ether oxygens (including phenoxy) is 3. The lowest BCUT2D eigenvalue weighted by molar-refractivity contribution is 0.114. The molecular formula is C17H28N2O3. The standard InChI is InChI=1S/C17H28N2O3/c1-12-7-8-19(14(9-12)10-18)11-13-5-6-15(20-2)17(22-4)16(13)21-3/h5-6,12,14H,7-11,18H2,1-4H3. The normalized spacial score (nSPS) is 22.4. The average Bonchev–Trinajstić information content (AvgIpc) is 2.55. The van der Waals surface area contributed by atoms with E-state index in [1.165, 1.54) is 6.42 Å². The highest BCUT2D eigenvalue weighted by atomic mass is 16.5. The van der Waals surface area contributed by atoms with Gasteiger partial charge in [0, 0.05) is 24.7 Å². The topological polar surface area (TPSA) is 57.0 Å². The molecule has 5 nitrogen and oxygen atoms in total. The third-order valence-corrected chi connectivity index (χ3v) is 4.53. The number of likely N-dealkylation sites (tertiary alicyclic amines) is 1. The van der Waals surface area contributed by atoms with Gasteiger partial charge in [-0.25, -0.2) is 0 Å². The highest BCUT2D eigenvalue weighted by molar-refractivity contribution is 5.55. The average molecular weight is 308 g/mol. The van der Waals surface area contributed by atoms with Gasteiger partial charge in [0.1, 0.15) is 0 Å². The molecule has 0 spiro atoms. The molecule has 1 aromatic carbocycles. The summed E-state index contributed by atoms with van der Waals surface area (Å²) in [6.45, 7) is 4.88. The SMILES string of the molecule is COc1ccc(CN2CCC(C)CC2CN)c(OC)c1OC. The highest BCUT2D eigenvalue weighted by Gasteiger charge is 2.27. The fraction of sp³-hybridized carbons (Fsp3) is 0.647. The molecule has 2 atom stereocenters. The van der Waals surface area contributed by atoms with E-state index in [1.807, 2.05) is 12.1 Å². The summed E-state index contributed by atoms with van der Waals surface area (Å²) in [5.74, 6) is 2.83. The molecule has 1 aromatic rings. The van der Waals surface area contributed by atoms with Gasteiger partial charge < -0.3 is 19.9 Å². The van der Waals surface area contributed by atoms with Crippen LogP contribution in [0.2, 0.25) is 0 Å². The molecule has 2 rings (SSSR count). The second-order valence-corrected chi connectivity index (χ2v) is 5.98. The molecule has 0 aromatic heterocycles. The van der Waals surface area contributed by atoms with Crippen molar-refractivity contribution in [3.63, 3.8) is 0 Å². The Hall–Kier alpha value is -1.46. The number of rotatable bonds is 6. The first-order valence-electron chi connectivity index (χ1n) is 7.86. The van der Waals surface area contributed by atoms with Crippen LogP contribution in [0.15, 0.2) is 12.1 Å². The van der Waals surface area contributed by atoms with Crippen LogP contribution in [0.1, 0.15) is 25.3 Å². The first-order chi connectivity index (χ1) is 10.6. The van der Waals surface area contributed by atoms with Crippen LogP contribution in [0.5, 0.6) is 17.2 Å². The highest BCUT2D eigenvalue weighted by Crippen LogP contribution is 2.40. The number of nitrogens with two attached hydrogens (primary N) is 1. The van der Waals surface area contributed by atoms with Gasteiger partial charge in [-0.3, -0.25) is 4.90 Å². The Balaban J connectivity index is 2.25. The monoisotopic (exact) mass is 308 g/mol. The summed E-state index contributed by atoms with van der Waals surface area (Å²) in [6.07, 6.45) is 2.37. The van der Waals surface area contributed by atoms with Crippen molar-refractivity contribution in [3.8, 4) is 17.2 Å². The second-order valence-electron chi connectivity index (χ2n) is 5.98. The third kappa shape index (κ3) is 3.47. The van der Waals surface area contributed by atoms with Crippen molar-refractivity contribution in [3.05, 3.63) is 17.7 Å². The summed E-state index contributed by atoms with van der Waals surface area (Å²) in [5, 5.41) is 0. The molecule has 0 bridgehead atoms. The quantitative estimate of drug-likeness (QED) is 0.873. The lowest BCUT2D eigenvalue weighted by Crippen LogP contribution is -2.45. The zero-order valence-electron chi connectivity index (χ0n) is 14.1. The number of benzene rings is 1. The summed E-state index contributed by atoms with van der Waals surface area (Å²) in [5.41, 5.74) is 7.07. The van der Waals surface area contributed by atoms with Crippen molar-refractivity contribution < 1.29 is 14.2 Å². The number of hydrogen-bond donors (Lipinski definition) is 1. The molecule has 1 aliphatic rings. The minimum Gasteiger partial charge on any atom is -0.493 e. The van der Waals surface area contributed by atoms with E-state index in [0.29, 0.717) is 24.1 Å². The first kappa shape index (κ1) is 16.9. The van der Waals surface area contributed by atoms with Gasteiger partial charge in [-0.1, -0.05) is 13.0 Å². The van der Waals surface area contributed by atoms with Crippen LogP contribution in [-0.2, 0) is 6.54 Å². The van der Waals surface area contributed by atoms with E-state index in [4.69, 9.17) is 19.9 Å². The van der Waals surface area contributed by atoms with Gasteiger partial charge in [0.25, 0.3) is 0 Å². The van der Waals surface area contributed by atoms with E-state index in [-0.39, 0.29) is 0 Å². The van der Waals surface area contributed by atoms with E-state index in [0.717, 1.165) is 36.7 Å². The number of nitrogens with zero attached hydrogens (tertiary/aromatic N) is 1. The Morgan fingerprint density at radius 2 is 1.86 bits per heavy atom. The van der Waals surface area contributed by atoms with Gasteiger partial charge in [0.15, 0.2) is 11.5 Å². The number of piperidine rings is 1. The molecule has 1 fully saturated rings. The molecule has 0 amide bonds. The summed E-state index contributed by atoms with van der Waals surface area (Å²) in [7, 11) is 4.93. The lowest BCUT2D eigenvalue weighted by atomic mass is 9.92. The molecule has 0 saturated carbocycles. The van der Waals surface area contributed by atoms with Gasteiger partial charge in [-0.15, -0.1) is 0 Å². The van der Waals surface area contributed by atoms with Crippen LogP contribution in [0.4, 0.5) is 0 Å². The molecule has 0 radical (unpaired) electrons. The number of methoxy groups -OCH3 is 3. The van der Waals surface area contributed by atoms with Crippen LogP contribution in [-0.4, -0.2) is 45.4 Å². The fourth-order valence-corrected chi connectivity index (χ4v) is 3.26. The maximum atomic E-state index is 5.96. The van der Waals surface area contributed by atoms with Crippen molar-refractivity contribution in [2.24, 2.45) is 11.7 Å². The molecule has 5 heteroatoms. The lowest BCUT2D eigenvalue weighted by Gasteiger charge is -2.38. The summed E-state index contributed by atoms with van der Waals surface area (Å²) in [6, 6.07) is 4.41. The van der Waals surface area contributed by atoms with Crippen molar-refractivity contribution in [1.29, 1.82) is 0 Å². The van der Waals surface area contributed by atoms with Crippen LogP contribution < -0.4 is 19.9 Å². The van der Waals surface area contributed by atoms with Gasteiger partial charge in [0.05, 0.1) is 21.3 Å². The maximum Gasteiger partial charge on any atom is 0.203 e. The first-order valence-corrected chi connectivity index (χ1v) is 7.86. The Morgan fingerprint density at radius 3 is 2.45 bits per heavy atom. The summed E-state index contributed by atoms with van der Waals surface area (Å²) < 4.78 is 16.4. The van der Waals surface area contributed by atoms with Gasteiger partial charge >= 0.3 is 0 Å². The molecule has 1 aliphatic heterocycles. The van der Waals surface area contributed by atoms with Crippen LogP contribution >= 0.6 is 0 Å². The Labute approximate surface area is 133 Å². The van der Waals surface area contributed by atoms with E-state index in [1.54, 1.807) is 21.3 Å². The molecule has 2 N–H and O–H groups in total. The predicted octanol–water partition coefficient (Wildman–Crippen LogP) is 2.27. The predicted molar refractivity (Wildman–Crippen MR) is 87.7 cm³/mol. The Bertz CT molecular complexity index is 493. The minimum absolute atomic E-state index is 0.432. The summed E-state index contributed by atoms with van der Waals surface area (Å²) in [4.78, 5) is 2.45. The van der Waals surface area contributed by atoms with Crippen molar-refractivity contribution in [1.82, 2.24) is 4.90 Å². The van der Waals surface area contributed by atoms with Crippen molar-refractivity contribution >= 4 is 0 Å². The second kappa shape index (κ2) is 7.70. The number of hydrogen-bond acceptors (Lipinski definition) is 5. The molecule has 0 aliphatic carbocycles. The van der Waals surface area contributed by atoms with Gasteiger partial charge in [-0.2, -0.15) is 0 Å². The van der Waals surface area contributed by atoms with Crippen LogP contribution in [0, 0.1) is 5.92 Å². The smallest absolute Gasteiger partial charge is 0.203 e. The summed E-state index contributed by atoms with van der Waals surface area (Å²) >= 11 is 0. The van der Waals surface area contributed by atoms with E-state index in [9.17, 15) is 0 Å². The maximum absolute atomic E-state index is 5.96. The van der Waals surface area contributed by atoms with E-state index >= 15 is 0 Å². The third-order valence-electron chi connectivity index (χ3n) is 4.53. The molecular weight excluding hydrogens is 280 g/mol. The molecule has 2 unspecified atom stereocenters. The Kier molecular flexibility index (Phi) is 5.91. The van der Waals surface area contributed by atoms with Crippen LogP contribution in [0.3, 0.4) is 0 Å². The van der Waals surface area contributed by atoms with Crippen LogP contribution in [0.25, 0.3) is 0 Å². The minimum atomic E-state index is 0.432. The zero-order valence-corrected chi connectivity index (χ0v) is 14.1. The molecule has 124 valence electrons. The van der Waals surface area contributed by atoms with Gasteiger partial charge in [-0.05, 0) is 31.4 Å². The van der Waals surface area contributed by atoms with E-state index < -0.39 is 0 Å². The van der Waals surface area contributed by atoms with E-state index in [2.05, 4.69) is 11.8 Å². The van der Waals surface area contributed by atoms with Crippen molar-refractivity contribution in [2.45, 2.75) is 32.4 Å². The van der Waals surface area contributed by atoms with Crippen molar-refractivity contribution in [2.75, 3.05) is 34.4 Å². The van der Waals surface area contributed by atoms with Gasteiger partial charge in [0.2, 0.25) is 5.75 Å². The zero-order chi connectivity index (χ0) is 16.1.